The minimum atomic E-state index is -3.85. The quantitative estimate of drug-likeness (QED) is 0.633. The number of fused-ring (bicyclic) bond motifs is 2. The van der Waals surface area contributed by atoms with Crippen LogP contribution in [0.15, 0.2) is 45.8 Å². The highest BCUT2D eigenvalue weighted by Crippen LogP contribution is 2.39. The number of carboxylic acids is 1. The van der Waals surface area contributed by atoms with Gasteiger partial charge in [-0.2, -0.15) is 0 Å². The Hall–Kier alpha value is -1.97. The van der Waals surface area contributed by atoms with Gasteiger partial charge in [0.15, 0.2) is 0 Å². The minimum absolute atomic E-state index is 0.0614. The van der Waals surface area contributed by atoms with Crippen LogP contribution in [0.2, 0.25) is 0 Å². The number of para-hydroxylation sites is 1. The summed E-state index contributed by atoms with van der Waals surface area (Å²) in [5.74, 6) is -1.37. The Morgan fingerprint density at radius 2 is 1.96 bits per heavy atom. The number of benzene rings is 2. The van der Waals surface area contributed by atoms with Crippen LogP contribution >= 0.6 is 15.9 Å². The molecule has 1 aliphatic heterocycles. The average molecular weight is 472 g/mol. The van der Waals surface area contributed by atoms with E-state index >= 15 is 0 Å². The van der Waals surface area contributed by atoms with E-state index in [2.05, 4.69) is 15.9 Å². The number of quaternary nitrogens is 1. The molecule has 9 heteroatoms. The zero-order chi connectivity index (χ0) is 20.5. The number of hydrogen-bond acceptors (Lipinski definition) is 3. The Labute approximate surface area is 171 Å². The highest BCUT2D eigenvalue weighted by atomic mass is 79.9. The van der Waals surface area contributed by atoms with Gasteiger partial charge in [-0.1, -0.05) is 18.2 Å². The Morgan fingerprint density at radius 1 is 1.25 bits per heavy atom. The molecule has 2 aromatic rings. The molecule has 2 aromatic carbocycles. The van der Waals surface area contributed by atoms with Crippen LogP contribution in [0.4, 0.5) is 10.1 Å². The van der Waals surface area contributed by atoms with E-state index in [0.29, 0.717) is 30.6 Å². The molecule has 150 valence electrons. The predicted molar refractivity (Wildman–Crippen MR) is 106 cm³/mol. The molecule has 1 heterocycles. The second kappa shape index (κ2) is 8.18. The smallest absolute Gasteiger partial charge is 0.303 e. The third-order valence-electron chi connectivity index (χ3n) is 4.88. The van der Waals surface area contributed by atoms with Gasteiger partial charge in [0.05, 0.1) is 21.6 Å². The Morgan fingerprint density at radius 3 is 2.68 bits per heavy atom. The number of rotatable bonds is 6. The minimum Gasteiger partial charge on any atom is -0.481 e. The first kappa shape index (κ1) is 20.8. The molecule has 0 aromatic heterocycles. The summed E-state index contributed by atoms with van der Waals surface area (Å²) >= 11 is 3.09. The van der Waals surface area contributed by atoms with Crippen LogP contribution in [0.5, 0.6) is 0 Å². The fourth-order valence-electron chi connectivity index (χ4n) is 3.45. The van der Waals surface area contributed by atoms with Crippen molar-refractivity contribution in [1.29, 1.82) is 0 Å². The lowest BCUT2D eigenvalue weighted by Gasteiger charge is -2.20. The van der Waals surface area contributed by atoms with Crippen molar-refractivity contribution in [3.63, 3.8) is 0 Å². The third kappa shape index (κ3) is 3.92. The first-order chi connectivity index (χ1) is 13.2. The Balaban J connectivity index is 2.06. The summed E-state index contributed by atoms with van der Waals surface area (Å²) in [4.78, 5) is 10.7. The molecule has 1 aliphatic rings. The van der Waals surface area contributed by atoms with Gasteiger partial charge in [0, 0.05) is 24.6 Å². The van der Waals surface area contributed by atoms with E-state index in [1.165, 1.54) is 23.5 Å². The largest absolute Gasteiger partial charge is 0.481 e. The van der Waals surface area contributed by atoms with E-state index in [4.69, 9.17) is 5.11 Å². The molecule has 0 spiro atoms. The number of halogens is 2. The maximum Gasteiger partial charge on any atom is 0.303 e. The third-order valence-corrected chi connectivity index (χ3v) is 7.32. The SMILES string of the molecule is CN1c2ccccc2C([NH2+]CCCCC(=O)O)c2cc(F)c(Br)cc2S1(=O)=O. The monoisotopic (exact) mass is 471 g/mol. The number of carbonyl (C=O) groups is 1. The topological polar surface area (TPSA) is 91.3 Å². The zero-order valence-electron chi connectivity index (χ0n) is 15.2. The van der Waals surface area contributed by atoms with Crippen molar-refractivity contribution in [3.8, 4) is 0 Å². The average Bonchev–Trinajstić information content (AvgIpc) is 2.71. The molecule has 0 saturated heterocycles. The summed E-state index contributed by atoms with van der Waals surface area (Å²) in [6, 6.07) is 9.33. The fraction of sp³-hybridized carbons (Fsp3) is 0.316. The first-order valence-electron chi connectivity index (χ1n) is 8.85. The summed E-state index contributed by atoms with van der Waals surface area (Å²) < 4.78 is 42.0. The summed E-state index contributed by atoms with van der Waals surface area (Å²) in [6.45, 7) is 0.590. The molecule has 0 bridgehead atoms. The van der Waals surface area contributed by atoms with Gasteiger partial charge < -0.3 is 10.4 Å². The van der Waals surface area contributed by atoms with Gasteiger partial charge in [0.2, 0.25) is 0 Å². The first-order valence-corrected chi connectivity index (χ1v) is 11.1. The number of anilines is 1. The van der Waals surface area contributed by atoms with Gasteiger partial charge in [-0.25, -0.2) is 12.8 Å². The summed E-state index contributed by atoms with van der Waals surface area (Å²) in [6.07, 6.45) is 1.27. The highest BCUT2D eigenvalue weighted by molar-refractivity contribution is 9.10. The van der Waals surface area contributed by atoms with Crippen molar-refractivity contribution in [2.75, 3.05) is 17.9 Å². The molecule has 0 saturated carbocycles. The van der Waals surface area contributed by atoms with Crippen LogP contribution in [0, 0.1) is 5.82 Å². The second-order valence-electron chi connectivity index (χ2n) is 6.69. The number of unbranched alkanes of at least 4 members (excludes halogenated alkanes) is 1. The number of sulfonamides is 1. The molecule has 28 heavy (non-hydrogen) atoms. The molecular formula is C19H21BrFN2O4S+. The normalized spacial score (nSPS) is 17.5. The predicted octanol–water partition coefficient (Wildman–Crippen LogP) is 2.63. The highest BCUT2D eigenvalue weighted by Gasteiger charge is 2.37. The van der Waals surface area contributed by atoms with Crippen LogP contribution in [-0.4, -0.2) is 33.1 Å². The van der Waals surface area contributed by atoms with Crippen molar-refractivity contribution in [1.82, 2.24) is 0 Å². The number of nitrogens with two attached hydrogens (primary N) is 1. The van der Waals surface area contributed by atoms with Gasteiger partial charge in [-0.05, 0) is 47.0 Å². The lowest BCUT2D eigenvalue weighted by Crippen LogP contribution is -2.85. The zero-order valence-corrected chi connectivity index (χ0v) is 17.6. The van der Waals surface area contributed by atoms with Gasteiger partial charge in [-0.15, -0.1) is 0 Å². The van der Waals surface area contributed by atoms with E-state index in [1.807, 2.05) is 17.4 Å². The Bertz CT molecular complexity index is 1010. The maximum absolute atomic E-state index is 14.3. The van der Waals surface area contributed by atoms with Crippen molar-refractivity contribution in [3.05, 3.63) is 57.8 Å². The molecule has 6 nitrogen and oxygen atoms in total. The molecule has 0 radical (unpaired) electrons. The van der Waals surface area contributed by atoms with Crippen molar-refractivity contribution < 1.29 is 28.0 Å². The molecule has 3 rings (SSSR count). The molecular weight excluding hydrogens is 451 g/mol. The van der Waals surface area contributed by atoms with E-state index < -0.39 is 27.9 Å². The number of nitrogens with zero attached hydrogens (tertiary/aromatic N) is 1. The molecule has 1 atom stereocenters. The van der Waals surface area contributed by atoms with Crippen LogP contribution in [0.25, 0.3) is 0 Å². The van der Waals surface area contributed by atoms with Crippen LogP contribution in [0.3, 0.4) is 0 Å². The summed E-state index contributed by atoms with van der Waals surface area (Å²) in [7, 11) is -2.36. The van der Waals surface area contributed by atoms with Crippen molar-refractivity contribution in [2.45, 2.75) is 30.2 Å². The van der Waals surface area contributed by atoms with Crippen molar-refractivity contribution >= 4 is 37.6 Å². The second-order valence-corrected chi connectivity index (χ2v) is 9.48. The lowest BCUT2D eigenvalue weighted by molar-refractivity contribution is -0.687. The van der Waals surface area contributed by atoms with Crippen LogP contribution in [0.1, 0.15) is 36.4 Å². The number of aliphatic carboxylic acids is 1. The number of hydrogen-bond donors (Lipinski definition) is 2. The van der Waals surface area contributed by atoms with Crippen LogP contribution in [-0.2, 0) is 14.8 Å². The van der Waals surface area contributed by atoms with Gasteiger partial charge >= 0.3 is 5.97 Å². The Kier molecular flexibility index (Phi) is 6.07. The van der Waals surface area contributed by atoms with E-state index in [0.717, 1.165) is 5.56 Å². The lowest BCUT2D eigenvalue weighted by atomic mass is 9.96. The fourth-order valence-corrected chi connectivity index (χ4v) is 5.42. The van der Waals surface area contributed by atoms with Gasteiger partial charge in [0.25, 0.3) is 10.0 Å². The maximum atomic E-state index is 14.3. The molecule has 3 N–H and O–H groups in total. The standard InChI is InChI=1S/C19H20BrFN2O4S/c1-23-16-7-3-2-6-12(16)19(22-9-5-4-8-18(24)25)13-10-15(21)14(20)11-17(13)28(23,26)27/h2-3,6-7,10-11,19,22H,4-5,8-9H2,1H3,(H,24,25)/p+1. The number of carboxylic acid groups (broad SMARTS) is 1. The summed E-state index contributed by atoms with van der Waals surface area (Å²) in [5.41, 5.74) is 1.70. The molecule has 1 unspecified atom stereocenters. The van der Waals surface area contributed by atoms with Gasteiger partial charge in [0.1, 0.15) is 11.9 Å². The van der Waals surface area contributed by atoms with Crippen molar-refractivity contribution in [2.24, 2.45) is 0 Å². The molecule has 0 amide bonds. The molecule has 0 fully saturated rings. The summed E-state index contributed by atoms with van der Waals surface area (Å²) in [5, 5.41) is 10.7. The molecule has 0 aliphatic carbocycles. The van der Waals surface area contributed by atoms with E-state index in [1.54, 1.807) is 12.1 Å². The van der Waals surface area contributed by atoms with Gasteiger partial charge in [-0.3, -0.25) is 9.10 Å². The van der Waals surface area contributed by atoms with E-state index in [-0.39, 0.29) is 15.8 Å². The van der Waals surface area contributed by atoms with Crippen LogP contribution < -0.4 is 9.62 Å². The van der Waals surface area contributed by atoms with E-state index in [9.17, 15) is 17.6 Å².